The molecule has 1 aliphatic carbocycles. The van der Waals surface area contributed by atoms with Crippen LogP contribution < -0.4 is 14.8 Å². The third kappa shape index (κ3) is 3.46. The van der Waals surface area contributed by atoms with Gasteiger partial charge >= 0.3 is 0 Å². The number of thiophene rings is 1. The van der Waals surface area contributed by atoms with Crippen molar-refractivity contribution >= 4 is 28.7 Å². The largest absolute Gasteiger partial charge is 0.448 e. The molecule has 2 aromatic rings. The molecule has 0 atom stereocenters. The van der Waals surface area contributed by atoms with Gasteiger partial charge in [0.1, 0.15) is 0 Å². The second-order valence-electron chi connectivity index (χ2n) is 6.87. The van der Waals surface area contributed by atoms with E-state index in [-0.39, 0.29) is 24.5 Å². The molecular formula is C20H21NO4S. The quantitative estimate of drug-likeness (QED) is 0.774. The van der Waals surface area contributed by atoms with Gasteiger partial charge in [0.2, 0.25) is 5.91 Å². The summed E-state index contributed by atoms with van der Waals surface area (Å²) in [7, 11) is 0. The lowest BCUT2D eigenvalue weighted by Crippen LogP contribution is -2.34. The van der Waals surface area contributed by atoms with Crippen LogP contribution in [0.15, 0.2) is 30.3 Å². The topological polar surface area (TPSA) is 64.6 Å². The average Bonchev–Trinajstić information content (AvgIpc) is 3.33. The molecule has 1 aliphatic heterocycles. The van der Waals surface area contributed by atoms with Crippen LogP contribution >= 0.6 is 11.3 Å². The Balaban J connectivity index is 1.33. The molecule has 136 valence electrons. The summed E-state index contributed by atoms with van der Waals surface area (Å²) in [4.78, 5) is 26.1. The van der Waals surface area contributed by atoms with Crippen molar-refractivity contribution in [2.75, 3.05) is 5.32 Å². The predicted octanol–water partition coefficient (Wildman–Crippen LogP) is 4.70. The van der Waals surface area contributed by atoms with Crippen molar-refractivity contribution in [3.05, 3.63) is 40.1 Å². The van der Waals surface area contributed by atoms with Crippen LogP contribution in [0.2, 0.25) is 0 Å². The van der Waals surface area contributed by atoms with Gasteiger partial charge < -0.3 is 14.8 Å². The summed E-state index contributed by atoms with van der Waals surface area (Å²) in [5.74, 6) is 0.729. The van der Waals surface area contributed by atoms with Crippen molar-refractivity contribution in [1.29, 1.82) is 0 Å². The smallest absolute Gasteiger partial charge is 0.251 e. The van der Waals surface area contributed by atoms with Gasteiger partial charge in [0, 0.05) is 42.3 Å². The van der Waals surface area contributed by atoms with Gasteiger partial charge in [-0.05, 0) is 44.0 Å². The molecule has 1 fully saturated rings. The second kappa shape index (κ2) is 6.76. The lowest BCUT2D eigenvalue weighted by molar-refractivity contribution is -0.116. The van der Waals surface area contributed by atoms with Gasteiger partial charge in [-0.1, -0.05) is 0 Å². The van der Waals surface area contributed by atoms with E-state index >= 15 is 0 Å². The fourth-order valence-corrected chi connectivity index (χ4v) is 4.28. The van der Waals surface area contributed by atoms with Crippen LogP contribution in [0.5, 0.6) is 11.5 Å². The molecule has 2 aliphatic rings. The molecule has 6 heteroatoms. The van der Waals surface area contributed by atoms with Crippen LogP contribution in [0.3, 0.4) is 0 Å². The first-order valence-corrected chi connectivity index (χ1v) is 9.76. The highest BCUT2D eigenvalue weighted by atomic mass is 32.1. The molecule has 1 spiro atoms. The number of hydrogen-bond donors (Lipinski definition) is 1. The molecule has 1 N–H and O–H groups in total. The molecule has 1 amide bonds. The lowest BCUT2D eigenvalue weighted by atomic mass is 10.2. The fourth-order valence-electron chi connectivity index (χ4n) is 3.45. The molecule has 0 unspecified atom stereocenters. The molecule has 1 saturated carbocycles. The monoisotopic (exact) mass is 371 g/mol. The van der Waals surface area contributed by atoms with E-state index in [0.717, 1.165) is 36.3 Å². The van der Waals surface area contributed by atoms with Gasteiger partial charge in [0.05, 0.1) is 4.88 Å². The fraction of sp³-hybridized carbons (Fsp3) is 0.400. The highest BCUT2D eigenvalue weighted by Crippen LogP contribution is 2.47. The molecule has 5 nitrogen and oxygen atoms in total. The van der Waals surface area contributed by atoms with E-state index in [4.69, 9.17) is 9.47 Å². The molecule has 4 rings (SSSR count). The summed E-state index contributed by atoms with van der Waals surface area (Å²) in [6.45, 7) is 1.96. The Morgan fingerprint density at radius 3 is 2.58 bits per heavy atom. The minimum atomic E-state index is -0.504. The molecular weight excluding hydrogens is 350 g/mol. The second-order valence-corrected chi connectivity index (χ2v) is 8.15. The number of anilines is 1. The Morgan fingerprint density at radius 2 is 1.85 bits per heavy atom. The molecule has 1 aromatic heterocycles. The number of nitrogens with one attached hydrogen (secondary N) is 1. The number of ether oxygens (including phenoxy) is 2. The summed E-state index contributed by atoms with van der Waals surface area (Å²) < 4.78 is 12.0. The summed E-state index contributed by atoms with van der Waals surface area (Å²) in [6, 6.07) is 9.17. The Kier molecular flexibility index (Phi) is 4.44. The zero-order valence-corrected chi connectivity index (χ0v) is 15.5. The van der Waals surface area contributed by atoms with E-state index in [1.165, 1.54) is 11.3 Å². The minimum absolute atomic E-state index is 0.00659. The van der Waals surface area contributed by atoms with Gasteiger partial charge in [-0.25, -0.2) is 0 Å². The maximum atomic E-state index is 12.2. The van der Waals surface area contributed by atoms with Crippen LogP contribution in [0.4, 0.5) is 5.69 Å². The van der Waals surface area contributed by atoms with Crippen molar-refractivity contribution in [3.63, 3.8) is 0 Å². The first-order valence-electron chi connectivity index (χ1n) is 8.95. The summed E-state index contributed by atoms with van der Waals surface area (Å²) >= 11 is 1.46. The van der Waals surface area contributed by atoms with Crippen molar-refractivity contribution in [2.45, 2.75) is 51.2 Å². The van der Waals surface area contributed by atoms with Crippen molar-refractivity contribution in [2.24, 2.45) is 0 Å². The normalized spacial score (nSPS) is 16.8. The highest BCUT2D eigenvalue weighted by molar-refractivity contribution is 7.14. The van der Waals surface area contributed by atoms with Gasteiger partial charge in [-0.2, -0.15) is 0 Å². The van der Waals surface area contributed by atoms with Crippen LogP contribution in [0, 0.1) is 6.92 Å². The van der Waals surface area contributed by atoms with E-state index in [1.54, 1.807) is 12.1 Å². The van der Waals surface area contributed by atoms with Crippen LogP contribution in [0.1, 0.15) is 53.1 Å². The Bertz CT molecular complexity index is 851. The van der Waals surface area contributed by atoms with Crippen molar-refractivity contribution in [1.82, 2.24) is 0 Å². The standard InChI is InChI=1S/C20H21NO4S/c1-13-4-8-18(26-13)15(22)6-9-19(23)21-14-5-7-16-17(12-14)25-20(24-16)10-2-3-11-20/h4-5,7-8,12H,2-3,6,9-11H2,1H3,(H,21,23). The minimum Gasteiger partial charge on any atom is -0.448 e. The summed E-state index contributed by atoms with van der Waals surface area (Å²) in [5.41, 5.74) is 0.659. The van der Waals surface area contributed by atoms with E-state index < -0.39 is 5.79 Å². The Morgan fingerprint density at radius 1 is 1.08 bits per heavy atom. The first-order chi connectivity index (χ1) is 12.5. The van der Waals surface area contributed by atoms with Crippen molar-refractivity contribution < 1.29 is 19.1 Å². The number of Topliss-reactive ketones (excluding diaryl/α,β-unsaturated/α-hetero) is 1. The van der Waals surface area contributed by atoms with E-state index in [9.17, 15) is 9.59 Å². The number of aryl methyl sites for hydroxylation is 1. The van der Waals surface area contributed by atoms with Crippen molar-refractivity contribution in [3.8, 4) is 11.5 Å². The average molecular weight is 371 g/mol. The number of rotatable bonds is 5. The van der Waals surface area contributed by atoms with E-state index in [2.05, 4.69) is 5.32 Å². The van der Waals surface area contributed by atoms with Gasteiger partial charge in [-0.15, -0.1) is 11.3 Å². The first kappa shape index (κ1) is 17.1. The zero-order chi connectivity index (χ0) is 18.1. The summed E-state index contributed by atoms with van der Waals surface area (Å²) in [6.07, 6.45) is 4.37. The molecule has 1 aromatic carbocycles. The van der Waals surface area contributed by atoms with Gasteiger partial charge in [-0.3, -0.25) is 9.59 Å². The molecule has 0 radical (unpaired) electrons. The van der Waals surface area contributed by atoms with Gasteiger partial charge in [0.25, 0.3) is 5.79 Å². The highest BCUT2D eigenvalue weighted by Gasteiger charge is 2.44. The maximum absolute atomic E-state index is 12.2. The van der Waals surface area contributed by atoms with E-state index in [0.29, 0.717) is 16.3 Å². The number of amides is 1. The Hall–Kier alpha value is -2.34. The molecule has 0 bridgehead atoms. The third-order valence-electron chi connectivity index (χ3n) is 4.78. The molecule has 0 saturated heterocycles. The number of fused-ring (bicyclic) bond motifs is 1. The number of hydrogen-bond acceptors (Lipinski definition) is 5. The summed E-state index contributed by atoms with van der Waals surface area (Å²) in [5, 5.41) is 2.84. The molecule has 2 heterocycles. The number of carbonyl (C=O) groups excluding carboxylic acids is 2. The molecule has 26 heavy (non-hydrogen) atoms. The predicted molar refractivity (Wildman–Crippen MR) is 100 cm³/mol. The van der Waals surface area contributed by atoms with Crippen LogP contribution in [-0.4, -0.2) is 17.5 Å². The number of ketones is 1. The maximum Gasteiger partial charge on any atom is 0.251 e. The zero-order valence-electron chi connectivity index (χ0n) is 14.7. The van der Waals surface area contributed by atoms with E-state index in [1.807, 2.05) is 25.1 Å². The van der Waals surface area contributed by atoms with Crippen LogP contribution in [0.25, 0.3) is 0 Å². The lowest BCUT2D eigenvalue weighted by Gasteiger charge is -2.21. The van der Waals surface area contributed by atoms with Crippen LogP contribution in [-0.2, 0) is 4.79 Å². The van der Waals surface area contributed by atoms with Gasteiger partial charge in [0.15, 0.2) is 17.3 Å². The SMILES string of the molecule is Cc1ccc(C(=O)CCC(=O)Nc2ccc3c(c2)OC2(CCCC2)O3)s1. The Labute approximate surface area is 156 Å². The number of benzene rings is 1. The number of carbonyl (C=O) groups is 2. The third-order valence-corrected chi connectivity index (χ3v) is 5.82.